The molecule has 0 spiro atoms. The minimum Gasteiger partial charge on any atom is -0.497 e. The Bertz CT molecular complexity index is 561. The van der Waals surface area contributed by atoms with Crippen LogP contribution in [0.4, 0.5) is 0 Å². The monoisotopic (exact) mass is 262 g/mol. The lowest BCUT2D eigenvalue weighted by Gasteiger charge is -2.08. The summed E-state index contributed by atoms with van der Waals surface area (Å²) in [5, 5.41) is 4.56. The molecule has 0 amide bonds. The van der Waals surface area contributed by atoms with Gasteiger partial charge in [-0.25, -0.2) is 0 Å². The van der Waals surface area contributed by atoms with Gasteiger partial charge < -0.3 is 19.4 Å². The van der Waals surface area contributed by atoms with Crippen molar-refractivity contribution in [1.82, 2.24) is 9.88 Å². The number of fused-ring (bicyclic) bond motifs is 1. The lowest BCUT2D eigenvalue weighted by Crippen LogP contribution is -2.15. The number of rotatable bonds is 6. The van der Waals surface area contributed by atoms with Gasteiger partial charge in [0.15, 0.2) is 0 Å². The highest BCUT2D eigenvalue weighted by Crippen LogP contribution is 2.34. The summed E-state index contributed by atoms with van der Waals surface area (Å²) < 4.78 is 12.9. The molecule has 1 aromatic carbocycles. The summed E-state index contributed by atoms with van der Waals surface area (Å²) in [6, 6.07) is 4.01. The summed E-state index contributed by atoms with van der Waals surface area (Å²) in [6.45, 7) is 4.10. The number of methoxy groups -OCH3 is 2. The summed E-state index contributed by atoms with van der Waals surface area (Å²) in [7, 11) is 5.43. The van der Waals surface area contributed by atoms with Gasteiger partial charge in [-0.2, -0.15) is 0 Å². The summed E-state index contributed by atoms with van der Waals surface area (Å²) >= 11 is 0. The van der Waals surface area contributed by atoms with Crippen molar-refractivity contribution < 1.29 is 9.47 Å². The first-order chi connectivity index (χ1) is 9.21. The molecule has 2 rings (SSSR count). The fourth-order valence-corrected chi connectivity index (χ4v) is 2.43. The first-order valence-corrected chi connectivity index (χ1v) is 6.61. The maximum Gasteiger partial charge on any atom is 0.146 e. The maximum absolute atomic E-state index is 5.47. The van der Waals surface area contributed by atoms with Crippen molar-refractivity contribution in [2.24, 2.45) is 7.05 Å². The number of nitrogens with zero attached hydrogens (tertiary/aromatic N) is 1. The van der Waals surface area contributed by atoms with Crippen LogP contribution in [0.1, 0.15) is 12.5 Å². The number of aryl methyl sites for hydroxylation is 1. The van der Waals surface area contributed by atoms with E-state index in [4.69, 9.17) is 9.47 Å². The molecule has 1 aromatic heterocycles. The highest BCUT2D eigenvalue weighted by atomic mass is 16.5. The summed E-state index contributed by atoms with van der Waals surface area (Å²) in [5.41, 5.74) is 2.44. The van der Waals surface area contributed by atoms with Crippen LogP contribution in [0.25, 0.3) is 10.9 Å². The van der Waals surface area contributed by atoms with Crippen LogP contribution in [-0.4, -0.2) is 31.9 Å². The predicted molar refractivity (Wildman–Crippen MR) is 78.3 cm³/mol. The average molecular weight is 262 g/mol. The summed E-state index contributed by atoms with van der Waals surface area (Å²) in [4.78, 5) is 0. The number of aromatic nitrogens is 1. The lowest BCUT2D eigenvalue weighted by molar-refractivity contribution is 0.397. The van der Waals surface area contributed by atoms with Crippen LogP contribution in [0.15, 0.2) is 18.3 Å². The molecule has 2 aromatic rings. The van der Waals surface area contributed by atoms with Crippen molar-refractivity contribution in [3.63, 3.8) is 0 Å². The summed E-state index contributed by atoms with van der Waals surface area (Å²) in [5.74, 6) is 1.69. The first kappa shape index (κ1) is 13.7. The Labute approximate surface area is 114 Å². The van der Waals surface area contributed by atoms with Crippen LogP contribution in [0.2, 0.25) is 0 Å². The fraction of sp³-hybridized carbons (Fsp3) is 0.467. The van der Waals surface area contributed by atoms with Crippen LogP contribution < -0.4 is 14.8 Å². The van der Waals surface area contributed by atoms with Crippen LogP contribution in [0.3, 0.4) is 0 Å². The molecule has 0 unspecified atom stereocenters. The third-order valence-electron chi connectivity index (χ3n) is 3.37. The van der Waals surface area contributed by atoms with E-state index in [0.717, 1.165) is 36.5 Å². The molecular formula is C15H22N2O2. The fourth-order valence-electron chi connectivity index (χ4n) is 2.43. The average Bonchev–Trinajstić information content (AvgIpc) is 2.75. The molecule has 0 aliphatic rings. The van der Waals surface area contributed by atoms with Gasteiger partial charge in [0.2, 0.25) is 0 Å². The Morgan fingerprint density at radius 2 is 2.00 bits per heavy atom. The number of nitrogens with one attached hydrogen (secondary N) is 1. The lowest BCUT2D eigenvalue weighted by atomic mass is 10.1. The van der Waals surface area contributed by atoms with Gasteiger partial charge in [-0.1, -0.05) is 6.92 Å². The van der Waals surface area contributed by atoms with Gasteiger partial charge >= 0.3 is 0 Å². The minimum absolute atomic E-state index is 0.834. The van der Waals surface area contributed by atoms with Crippen molar-refractivity contribution in [3.05, 3.63) is 23.9 Å². The largest absolute Gasteiger partial charge is 0.497 e. The van der Waals surface area contributed by atoms with Crippen molar-refractivity contribution in [1.29, 1.82) is 0 Å². The molecule has 4 heteroatoms. The molecule has 104 valence electrons. The topological polar surface area (TPSA) is 35.4 Å². The molecule has 1 N–H and O–H groups in total. The molecule has 1 heterocycles. The normalized spacial score (nSPS) is 10.9. The molecular weight excluding hydrogens is 240 g/mol. The van der Waals surface area contributed by atoms with E-state index in [-0.39, 0.29) is 0 Å². The number of hydrogen-bond acceptors (Lipinski definition) is 3. The van der Waals surface area contributed by atoms with E-state index in [0.29, 0.717) is 0 Å². The predicted octanol–water partition coefficient (Wildman–Crippen LogP) is 2.35. The van der Waals surface area contributed by atoms with Crippen LogP contribution >= 0.6 is 0 Å². The van der Waals surface area contributed by atoms with E-state index < -0.39 is 0 Å². The third-order valence-corrected chi connectivity index (χ3v) is 3.37. The molecule has 0 aliphatic carbocycles. The van der Waals surface area contributed by atoms with Gasteiger partial charge in [0.1, 0.15) is 11.5 Å². The van der Waals surface area contributed by atoms with Gasteiger partial charge in [-0.15, -0.1) is 0 Å². The number of likely N-dealkylation sites (N-methyl/N-ethyl adjacent to an activating group) is 1. The SMILES string of the molecule is CCNCCc1cn(C)c2c(OC)cc(OC)cc12. The quantitative estimate of drug-likeness (QED) is 0.812. The first-order valence-electron chi connectivity index (χ1n) is 6.61. The highest BCUT2D eigenvalue weighted by molar-refractivity contribution is 5.90. The summed E-state index contributed by atoms with van der Waals surface area (Å²) in [6.07, 6.45) is 3.17. The molecule has 0 saturated heterocycles. The smallest absolute Gasteiger partial charge is 0.146 e. The minimum atomic E-state index is 0.834. The van der Waals surface area contributed by atoms with E-state index in [1.807, 2.05) is 13.1 Å². The Balaban J connectivity index is 2.47. The zero-order valence-corrected chi connectivity index (χ0v) is 12.1. The van der Waals surface area contributed by atoms with Gasteiger partial charge in [0.25, 0.3) is 0 Å². The van der Waals surface area contributed by atoms with Gasteiger partial charge in [0.05, 0.1) is 19.7 Å². The van der Waals surface area contributed by atoms with Crippen molar-refractivity contribution in [2.75, 3.05) is 27.3 Å². The Morgan fingerprint density at radius 3 is 2.63 bits per heavy atom. The van der Waals surface area contributed by atoms with Crippen molar-refractivity contribution in [2.45, 2.75) is 13.3 Å². The second-order valence-electron chi connectivity index (χ2n) is 4.59. The van der Waals surface area contributed by atoms with E-state index in [9.17, 15) is 0 Å². The zero-order chi connectivity index (χ0) is 13.8. The molecule has 0 bridgehead atoms. The highest BCUT2D eigenvalue weighted by Gasteiger charge is 2.13. The second-order valence-corrected chi connectivity index (χ2v) is 4.59. The van der Waals surface area contributed by atoms with Gasteiger partial charge in [0, 0.05) is 24.7 Å². The van der Waals surface area contributed by atoms with Crippen LogP contribution in [0.5, 0.6) is 11.5 Å². The third kappa shape index (κ3) is 2.68. The van der Waals surface area contributed by atoms with E-state index >= 15 is 0 Å². The Hall–Kier alpha value is -1.68. The second kappa shape index (κ2) is 5.97. The molecule has 0 fully saturated rings. The molecule has 19 heavy (non-hydrogen) atoms. The van der Waals surface area contributed by atoms with Crippen molar-refractivity contribution >= 4 is 10.9 Å². The number of benzene rings is 1. The number of hydrogen-bond donors (Lipinski definition) is 1. The molecule has 0 saturated carbocycles. The standard InChI is InChI=1S/C15H22N2O2/c1-5-16-7-6-11-10-17(2)15-13(11)8-12(18-3)9-14(15)19-4/h8-10,16H,5-7H2,1-4H3. The maximum atomic E-state index is 5.47. The van der Waals surface area contributed by atoms with Gasteiger partial charge in [-0.3, -0.25) is 0 Å². The molecule has 4 nitrogen and oxygen atoms in total. The Kier molecular flexibility index (Phi) is 4.32. The molecule has 0 aliphatic heterocycles. The van der Waals surface area contributed by atoms with Crippen LogP contribution in [0, 0.1) is 0 Å². The zero-order valence-electron chi connectivity index (χ0n) is 12.1. The van der Waals surface area contributed by atoms with Gasteiger partial charge in [-0.05, 0) is 31.1 Å². The van der Waals surface area contributed by atoms with E-state index in [1.54, 1.807) is 14.2 Å². The van der Waals surface area contributed by atoms with Crippen LogP contribution in [-0.2, 0) is 13.5 Å². The Morgan fingerprint density at radius 1 is 1.21 bits per heavy atom. The van der Waals surface area contributed by atoms with Crippen molar-refractivity contribution in [3.8, 4) is 11.5 Å². The van der Waals surface area contributed by atoms with E-state index in [1.165, 1.54) is 10.9 Å². The van der Waals surface area contributed by atoms with E-state index in [2.05, 4.69) is 29.1 Å². The number of ether oxygens (including phenoxy) is 2. The molecule has 0 atom stereocenters. The molecule has 0 radical (unpaired) electrons.